The lowest BCUT2D eigenvalue weighted by Crippen LogP contribution is -2.49. The van der Waals surface area contributed by atoms with E-state index in [-0.39, 0.29) is 5.91 Å². The minimum Gasteiger partial charge on any atom is -0.385 e. The van der Waals surface area contributed by atoms with Crippen molar-refractivity contribution in [3.05, 3.63) is 30.3 Å². The van der Waals surface area contributed by atoms with Gasteiger partial charge in [-0.05, 0) is 18.6 Å². The van der Waals surface area contributed by atoms with Crippen molar-refractivity contribution in [2.24, 2.45) is 4.99 Å². The van der Waals surface area contributed by atoms with Crippen molar-refractivity contribution in [2.45, 2.75) is 12.8 Å². The van der Waals surface area contributed by atoms with Gasteiger partial charge in [0.2, 0.25) is 5.91 Å². The summed E-state index contributed by atoms with van der Waals surface area (Å²) in [6.07, 6.45) is 1.39. The molecule has 0 aromatic heterocycles. The molecule has 0 spiro atoms. The number of nitrogens with one attached hydrogen (secondary N) is 2. The standard InChI is InChI=1S/C19H31N5O2/c1-20-19(21-10-6-16-26-2)22-11-9-18(25)24-14-12-23(13-15-24)17-7-4-3-5-8-17/h3-5,7-8H,6,9-16H2,1-2H3,(H2,20,21,22). The number of carbonyl (C=O) groups is 1. The summed E-state index contributed by atoms with van der Waals surface area (Å²) in [5.74, 6) is 0.919. The lowest BCUT2D eigenvalue weighted by molar-refractivity contribution is -0.131. The lowest BCUT2D eigenvalue weighted by atomic mass is 10.2. The van der Waals surface area contributed by atoms with Crippen molar-refractivity contribution >= 4 is 17.6 Å². The van der Waals surface area contributed by atoms with Crippen LogP contribution < -0.4 is 15.5 Å². The highest BCUT2D eigenvalue weighted by molar-refractivity contribution is 5.81. The highest BCUT2D eigenvalue weighted by Crippen LogP contribution is 2.15. The van der Waals surface area contributed by atoms with Gasteiger partial charge in [-0.1, -0.05) is 18.2 Å². The molecule has 2 rings (SSSR count). The number of methoxy groups -OCH3 is 1. The predicted octanol–water partition coefficient (Wildman–Crippen LogP) is 0.927. The first-order valence-electron chi connectivity index (χ1n) is 9.26. The van der Waals surface area contributed by atoms with Gasteiger partial charge in [0.1, 0.15) is 0 Å². The van der Waals surface area contributed by atoms with Crippen LogP contribution in [0.1, 0.15) is 12.8 Å². The molecule has 1 aliphatic rings. The van der Waals surface area contributed by atoms with E-state index in [4.69, 9.17) is 4.74 Å². The minimum atomic E-state index is 0.194. The molecule has 1 saturated heterocycles. The molecule has 2 N–H and O–H groups in total. The van der Waals surface area contributed by atoms with E-state index in [1.807, 2.05) is 11.0 Å². The van der Waals surface area contributed by atoms with Crippen molar-refractivity contribution in [1.82, 2.24) is 15.5 Å². The first-order valence-corrected chi connectivity index (χ1v) is 9.26. The third kappa shape index (κ3) is 6.55. The second-order valence-electron chi connectivity index (χ2n) is 6.23. The first-order chi connectivity index (χ1) is 12.7. The highest BCUT2D eigenvalue weighted by atomic mass is 16.5. The van der Waals surface area contributed by atoms with Crippen LogP contribution in [0.4, 0.5) is 5.69 Å². The molecule has 1 amide bonds. The molecule has 26 heavy (non-hydrogen) atoms. The van der Waals surface area contributed by atoms with E-state index in [1.54, 1.807) is 14.2 Å². The molecular weight excluding hydrogens is 330 g/mol. The van der Waals surface area contributed by atoms with Crippen LogP contribution in [0, 0.1) is 0 Å². The number of anilines is 1. The summed E-state index contributed by atoms with van der Waals surface area (Å²) >= 11 is 0. The zero-order chi connectivity index (χ0) is 18.6. The molecule has 0 radical (unpaired) electrons. The Kier molecular flexibility index (Phi) is 8.75. The van der Waals surface area contributed by atoms with E-state index >= 15 is 0 Å². The summed E-state index contributed by atoms with van der Waals surface area (Å²) in [6.45, 7) is 5.41. The van der Waals surface area contributed by atoms with Crippen molar-refractivity contribution < 1.29 is 9.53 Å². The molecule has 0 atom stereocenters. The smallest absolute Gasteiger partial charge is 0.224 e. The Morgan fingerprint density at radius 1 is 1.12 bits per heavy atom. The van der Waals surface area contributed by atoms with E-state index in [9.17, 15) is 4.79 Å². The predicted molar refractivity (Wildman–Crippen MR) is 106 cm³/mol. The van der Waals surface area contributed by atoms with Crippen LogP contribution in [0.15, 0.2) is 35.3 Å². The largest absolute Gasteiger partial charge is 0.385 e. The van der Waals surface area contributed by atoms with Crippen LogP contribution in [0.25, 0.3) is 0 Å². The topological polar surface area (TPSA) is 69.2 Å². The molecule has 0 unspecified atom stereocenters. The van der Waals surface area contributed by atoms with Gasteiger partial charge in [0.05, 0.1) is 0 Å². The highest BCUT2D eigenvalue weighted by Gasteiger charge is 2.20. The second-order valence-corrected chi connectivity index (χ2v) is 6.23. The molecule has 0 saturated carbocycles. The maximum absolute atomic E-state index is 12.4. The summed E-state index contributed by atoms with van der Waals surface area (Å²) in [7, 11) is 3.43. The average molecular weight is 361 g/mol. The summed E-state index contributed by atoms with van der Waals surface area (Å²) < 4.78 is 5.02. The molecule has 1 fully saturated rings. The fourth-order valence-electron chi connectivity index (χ4n) is 2.94. The molecule has 0 bridgehead atoms. The fourth-order valence-corrected chi connectivity index (χ4v) is 2.94. The maximum atomic E-state index is 12.4. The Morgan fingerprint density at radius 3 is 2.46 bits per heavy atom. The monoisotopic (exact) mass is 361 g/mol. The van der Waals surface area contributed by atoms with Gasteiger partial charge < -0.3 is 25.2 Å². The number of ether oxygens (including phenoxy) is 1. The van der Waals surface area contributed by atoms with E-state index in [2.05, 4.69) is 44.8 Å². The average Bonchev–Trinajstić information content (AvgIpc) is 2.70. The van der Waals surface area contributed by atoms with E-state index < -0.39 is 0 Å². The van der Waals surface area contributed by atoms with Gasteiger partial charge in [-0.25, -0.2) is 0 Å². The maximum Gasteiger partial charge on any atom is 0.224 e. The molecule has 1 aromatic rings. The normalized spacial score (nSPS) is 15.1. The SMILES string of the molecule is CN=C(NCCCOC)NCCC(=O)N1CCN(c2ccccc2)CC1. The number of rotatable bonds is 8. The second kappa shape index (κ2) is 11.4. The van der Waals surface area contributed by atoms with E-state index in [1.165, 1.54) is 5.69 Å². The molecule has 1 heterocycles. The zero-order valence-corrected chi connectivity index (χ0v) is 15.9. The molecule has 144 valence electrons. The van der Waals surface area contributed by atoms with Gasteiger partial charge in [-0.15, -0.1) is 0 Å². The molecule has 7 nitrogen and oxygen atoms in total. The lowest BCUT2D eigenvalue weighted by Gasteiger charge is -2.36. The van der Waals surface area contributed by atoms with Crippen LogP contribution in [0.2, 0.25) is 0 Å². The summed E-state index contributed by atoms with van der Waals surface area (Å²) in [6, 6.07) is 10.4. The van der Waals surface area contributed by atoms with Crippen molar-refractivity contribution in [2.75, 3.05) is 64.9 Å². The number of carbonyl (C=O) groups excluding carboxylic acids is 1. The van der Waals surface area contributed by atoms with Crippen LogP contribution in [-0.4, -0.2) is 76.8 Å². The van der Waals surface area contributed by atoms with Crippen LogP contribution in [0.3, 0.4) is 0 Å². The Labute approximate surface area is 156 Å². The number of para-hydroxylation sites is 1. The Morgan fingerprint density at radius 2 is 1.81 bits per heavy atom. The van der Waals surface area contributed by atoms with E-state index in [0.717, 1.165) is 51.7 Å². The third-order valence-electron chi connectivity index (χ3n) is 4.43. The quantitative estimate of drug-likeness (QED) is 0.410. The Balaban J connectivity index is 1.64. The van der Waals surface area contributed by atoms with Crippen molar-refractivity contribution in [3.63, 3.8) is 0 Å². The van der Waals surface area contributed by atoms with Crippen LogP contribution in [-0.2, 0) is 9.53 Å². The number of piperazine rings is 1. The van der Waals surface area contributed by atoms with Gasteiger partial charge in [-0.3, -0.25) is 9.79 Å². The number of hydrogen-bond acceptors (Lipinski definition) is 4. The zero-order valence-electron chi connectivity index (χ0n) is 15.9. The summed E-state index contributed by atoms with van der Waals surface area (Å²) in [5.41, 5.74) is 1.23. The van der Waals surface area contributed by atoms with Gasteiger partial charge in [0.15, 0.2) is 5.96 Å². The molecule has 1 aromatic carbocycles. The molecule has 1 aliphatic heterocycles. The Hall–Kier alpha value is -2.28. The number of nitrogens with zero attached hydrogens (tertiary/aromatic N) is 3. The molecule has 0 aliphatic carbocycles. The van der Waals surface area contributed by atoms with Gasteiger partial charge in [-0.2, -0.15) is 0 Å². The number of hydrogen-bond donors (Lipinski definition) is 2. The minimum absolute atomic E-state index is 0.194. The first kappa shape index (κ1) is 20.0. The van der Waals surface area contributed by atoms with Gasteiger partial charge >= 0.3 is 0 Å². The molecule has 7 heteroatoms. The van der Waals surface area contributed by atoms with Crippen LogP contribution >= 0.6 is 0 Å². The number of guanidine groups is 1. The number of amides is 1. The van der Waals surface area contributed by atoms with Gasteiger partial charge in [0, 0.05) is 72.1 Å². The van der Waals surface area contributed by atoms with Gasteiger partial charge in [0.25, 0.3) is 0 Å². The third-order valence-corrected chi connectivity index (χ3v) is 4.43. The summed E-state index contributed by atoms with van der Waals surface area (Å²) in [5, 5.41) is 6.40. The number of aliphatic imine (C=N–C) groups is 1. The summed E-state index contributed by atoms with van der Waals surface area (Å²) in [4.78, 5) is 20.8. The fraction of sp³-hybridized carbons (Fsp3) is 0.579. The van der Waals surface area contributed by atoms with Crippen molar-refractivity contribution in [3.8, 4) is 0 Å². The van der Waals surface area contributed by atoms with E-state index in [0.29, 0.717) is 13.0 Å². The molecular formula is C19H31N5O2. The number of benzene rings is 1. The van der Waals surface area contributed by atoms with Crippen LogP contribution in [0.5, 0.6) is 0 Å². The Bertz CT molecular complexity index is 556. The van der Waals surface area contributed by atoms with Crippen molar-refractivity contribution in [1.29, 1.82) is 0 Å².